The Labute approximate surface area is 208 Å². The molecule has 0 N–H and O–H groups in total. The summed E-state index contributed by atoms with van der Waals surface area (Å²) in [5, 5.41) is 1.20. The second-order valence-corrected chi connectivity index (χ2v) is 13.7. The molecule has 0 radical (unpaired) electrons. The van der Waals surface area contributed by atoms with Gasteiger partial charge in [-0.05, 0) is 42.8 Å². The number of para-hydroxylation sites is 1. The average molecular weight is 542 g/mol. The average Bonchev–Trinajstić information content (AvgIpc) is 3.23. The monoisotopic (exact) mass is 541 g/mol. The Morgan fingerprint density at radius 3 is 2.35 bits per heavy atom. The van der Waals surface area contributed by atoms with Crippen molar-refractivity contribution >= 4 is 63.9 Å². The molecule has 12 heteroatoms. The highest BCUT2D eigenvalue weighted by Crippen LogP contribution is 2.33. The van der Waals surface area contributed by atoms with Crippen LogP contribution in [0.2, 0.25) is 5.02 Å². The molecule has 2 aromatic carbocycles. The van der Waals surface area contributed by atoms with Crippen molar-refractivity contribution in [3.63, 3.8) is 0 Å². The van der Waals surface area contributed by atoms with Gasteiger partial charge in [-0.3, -0.25) is 4.79 Å². The van der Waals surface area contributed by atoms with Gasteiger partial charge in [-0.2, -0.15) is 0 Å². The van der Waals surface area contributed by atoms with E-state index in [1.54, 1.807) is 17.0 Å². The fraction of sp³-hybridized carbons (Fsp3) is 0.364. The molecule has 0 saturated carbocycles. The van der Waals surface area contributed by atoms with Crippen molar-refractivity contribution in [3.8, 4) is 0 Å². The van der Waals surface area contributed by atoms with E-state index < -0.39 is 19.7 Å². The minimum Gasteiger partial charge on any atom is -0.345 e. The number of hydrogen-bond donors (Lipinski definition) is 0. The lowest BCUT2D eigenvalue weighted by molar-refractivity contribution is -0.131. The summed E-state index contributed by atoms with van der Waals surface area (Å²) in [4.78, 5) is 21.4. The Kier molecular flexibility index (Phi) is 7.18. The summed E-state index contributed by atoms with van der Waals surface area (Å²) in [6.07, 6.45) is 1.58. The number of anilines is 1. The third kappa shape index (κ3) is 5.54. The normalized spacial score (nSPS) is 15.1. The Morgan fingerprint density at radius 1 is 1.03 bits per heavy atom. The third-order valence-electron chi connectivity index (χ3n) is 5.65. The molecule has 1 aromatic heterocycles. The summed E-state index contributed by atoms with van der Waals surface area (Å²) >= 11 is 7.24. The van der Waals surface area contributed by atoms with Gasteiger partial charge in [0.25, 0.3) is 0 Å². The number of aromatic nitrogens is 1. The predicted molar refractivity (Wildman–Crippen MR) is 134 cm³/mol. The molecule has 34 heavy (non-hydrogen) atoms. The van der Waals surface area contributed by atoms with Crippen molar-refractivity contribution in [3.05, 3.63) is 47.5 Å². The molecule has 0 bridgehead atoms. The van der Waals surface area contributed by atoms with Crippen molar-refractivity contribution in [2.75, 3.05) is 43.1 Å². The zero-order valence-corrected chi connectivity index (χ0v) is 21.7. The van der Waals surface area contributed by atoms with Gasteiger partial charge in [-0.25, -0.2) is 21.8 Å². The highest BCUT2D eigenvalue weighted by atomic mass is 35.5. The summed E-state index contributed by atoms with van der Waals surface area (Å²) in [6, 6.07) is 11.1. The van der Waals surface area contributed by atoms with Crippen LogP contribution >= 0.6 is 22.9 Å². The van der Waals surface area contributed by atoms with Gasteiger partial charge >= 0.3 is 0 Å². The number of piperazine rings is 1. The second-order valence-electron chi connectivity index (χ2n) is 8.12. The van der Waals surface area contributed by atoms with E-state index in [-0.39, 0.29) is 34.3 Å². The van der Waals surface area contributed by atoms with Crippen molar-refractivity contribution in [2.45, 2.75) is 22.6 Å². The van der Waals surface area contributed by atoms with Crippen LogP contribution in [-0.2, 0) is 24.5 Å². The minimum absolute atomic E-state index is 0.0744. The maximum absolute atomic E-state index is 12.6. The fourth-order valence-electron chi connectivity index (χ4n) is 3.82. The zero-order chi connectivity index (χ0) is 24.5. The Bertz CT molecular complexity index is 1410. The lowest BCUT2D eigenvalue weighted by Gasteiger charge is -2.34. The molecule has 182 valence electrons. The molecular weight excluding hydrogens is 518 g/mol. The highest BCUT2D eigenvalue weighted by molar-refractivity contribution is 7.91. The molecule has 3 aromatic rings. The molecule has 1 aliphatic rings. The molecule has 1 fully saturated rings. The first-order valence-corrected chi connectivity index (χ1v) is 15.4. The molecule has 0 spiro atoms. The van der Waals surface area contributed by atoms with Crippen molar-refractivity contribution < 1.29 is 21.6 Å². The second kappa shape index (κ2) is 9.80. The molecule has 0 unspecified atom stereocenters. The smallest absolute Gasteiger partial charge is 0.222 e. The lowest BCUT2D eigenvalue weighted by Crippen LogP contribution is -2.48. The number of carbonyl (C=O) groups excluding carboxylic acids is 1. The first-order chi connectivity index (χ1) is 16.0. The number of hydrogen-bond acceptors (Lipinski definition) is 8. The molecule has 8 nitrogen and oxygen atoms in total. The van der Waals surface area contributed by atoms with Crippen LogP contribution in [0.15, 0.2) is 52.3 Å². The topological polar surface area (TPSA) is 105 Å². The maximum Gasteiger partial charge on any atom is 0.222 e. The van der Waals surface area contributed by atoms with Crippen LogP contribution in [0.25, 0.3) is 10.2 Å². The molecule has 0 atom stereocenters. The van der Waals surface area contributed by atoms with Crippen LogP contribution in [0.1, 0.15) is 12.8 Å². The SMILES string of the molecule is CS(=O)(=O)c1cccc2sc(N3CCN(C(=O)CCCS(=O)(=O)c4ccc(Cl)cc4)CC3)nc12. The van der Waals surface area contributed by atoms with Gasteiger partial charge in [0.2, 0.25) is 5.91 Å². The van der Waals surface area contributed by atoms with E-state index in [2.05, 4.69) is 4.98 Å². The van der Waals surface area contributed by atoms with Crippen LogP contribution < -0.4 is 4.90 Å². The zero-order valence-electron chi connectivity index (χ0n) is 18.5. The van der Waals surface area contributed by atoms with Gasteiger partial charge < -0.3 is 9.80 Å². The van der Waals surface area contributed by atoms with Gasteiger partial charge in [0, 0.05) is 43.9 Å². The summed E-state index contributed by atoms with van der Waals surface area (Å²) in [5.41, 5.74) is 0.477. The van der Waals surface area contributed by atoms with Crippen LogP contribution in [0.4, 0.5) is 5.13 Å². The van der Waals surface area contributed by atoms with Gasteiger partial charge in [0.05, 0.1) is 20.2 Å². The number of halogens is 1. The van der Waals surface area contributed by atoms with Crippen molar-refractivity contribution in [2.24, 2.45) is 0 Å². The summed E-state index contributed by atoms with van der Waals surface area (Å²) < 4.78 is 49.8. The number of sulfone groups is 2. The summed E-state index contributed by atoms with van der Waals surface area (Å²) in [5.74, 6) is -0.177. The van der Waals surface area contributed by atoms with Gasteiger partial charge in [-0.15, -0.1) is 0 Å². The fourth-order valence-corrected chi connectivity index (χ4v) is 7.20. The Hall–Kier alpha value is -2.21. The maximum atomic E-state index is 12.6. The standard InChI is InChI=1S/C22H24ClN3O5S3/c1-33(28,29)19-5-2-4-18-21(19)24-22(32-18)26-13-11-25(12-14-26)20(27)6-3-15-34(30,31)17-9-7-16(23)8-10-17/h2,4-5,7-10H,3,6,11-15H2,1H3. The van der Waals surface area contributed by atoms with Crippen molar-refractivity contribution in [1.82, 2.24) is 9.88 Å². The number of fused-ring (bicyclic) bond motifs is 1. The van der Waals surface area contributed by atoms with E-state index in [1.807, 2.05) is 11.0 Å². The Morgan fingerprint density at radius 2 is 1.71 bits per heavy atom. The summed E-state index contributed by atoms with van der Waals surface area (Å²) in [7, 11) is -6.84. The third-order valence-corrected chi connectivity index (χ3v) is 9.93. The largest absolute Gasteiger partial charge is 0.345 e. The first-order valence-electron chi connectivity index (χ1n) is 10.7. The van der Waals surface area contributed by atoms with Gasteiger partial charge in [0.1, 0.15) is 5.52 Å². The van der Waals surface area contributed by atoms with E-state index in [9.17, 15) is 21.6 Å². The number of benzene rings is 2. The van der Waals surface area contributed by atoms with Crippen LogP contribution in [0.3, 0.4) is 0 Å². The highest BCUT2D eigenvalue weighted by Gasteiger charge is 2.25. The van der Waals surface area contributed by atoms with E-state index in [0.29, 0.717) is 36.7 Å². The number of amides is 1. The minimum atomic E-state index is -3.46. The molecule has 1 aliphatic heterocycles. The summed E-state index contributed by atoms with van der Waals surface area (Å²) in [6.45, 7) is 2.14. The Balaban J connectivity index is 1.32. The molecule has 1 saturated heterocycles. The van der Waals surface area contributed by atoms with Crippen LogP contribution in [-0.4, -0.2) is 70.8 Å². The molecule has 4 rings (SSSR count). The molecule has 1 amide bonds. The van der Waals surface area contributed by atoms with Crippen LogP contribution in [0.5, 0.6) is 0 Å². The number of rotatable bonds is 7. The van der Waals surface area contributed by atoms with Crippen LogP contribution in [0, 0.1) is 0 Å². The van der Waals surface area contributed by atoms with Crippen molar-refractivity contribution in [1.29, 1.82) is 0 Å². The number of carbonyl (C=O) groups is 1. The number of nitrogens with zero attached hydrogens (tertiary/aromatic N) is 3. The molecular formula is C22H24ClN3O5S3. The van der Waals surface area contributed by atoms with Gasteiger partial charge in [-0.1, -0.05) is 29.0 Å². The quantitative estimate of drug-likeness (QED) is 0.452. The van der Waals surface area contributed by atoms with Gasteiger partial charge in [0.15, 0.2) is 24.8 Å². The van der Waals surface area contributed by atoms with E-state index >= 15 is 0 Å². The van der Waals surface area contributed by atoms with E-state index in [0.717, 1.165) is 9.83 Å². The molecule has 2 heterocycles. The number of thiazole rings is 1. The van der Waals surface area contributed by atoms with E-state index in [1.165, 1.54) is 41.9 Å². The predicted octanol–water partition coefficient (Wildman–Crippen LogP) is 3.26. The molecule has 0 aliphatic carbocycles. The lowest BCUT2D eigenvalue weighted by atomic mass is 10.2. The first kappa shape index (κ1) is 24.9. The van der Waals surface area contributed by atoms with E-state index in [4.69, 9.17) is 11.6 Å².